The molecule has 0 saturated carbocycles. The summed E-state index contributed by atoms with van der Waals surface area (Å²) in [4.78, 5) is 28.6. The molecule has 3 amide bonds. The van der Waals surface area contributed by atoms with Crippen LogP contribution < -0.4 is 15.4 Å². The molecular formula is C24H21ClF3N5O4S. The monoisotopic (exact) mass is 567 g/mol. The Balaban J connectivity index is 1.69. The highest BCUT2D eigenvalue weighted by Gasteiger charge is 2.33. The molecule has 200 valence electrons. The number of fused-ring (bicyclic) bond motifs is 3. The molecule has 0 fully saturated rings. The minimum atomic E-state index is -4.76. The van der Waals surface area contributed by atoms with Gasteiger partial charge in [-0.1, -0.05) is 17.7 Å². The number of alkyl halides is 3. The molecule has 38 heavy (non-hydrogen) atoms. The van der Waals surface area contributed by atoms with Gasteiger partial charge in [0, 0.05) is 30.1 Å². The van der Waals surface area contributed by atoms with Gasteiger partial charge in [0.05, 0.1) is 32.2 Å². The molecule has 9 nitrogen and oxygen atoms in total. The van der Waals surface area contributed by atoms with Crippen molar-refractivity contribution in [2.45, 2.75) is 31.5 Å². The fourth-order valence-corrected chi connectivity index (χ4v) is 5.34. The average molecular weight is 568 g/mol. The zero-order valence-corrected chi connectivity index (χ0v) is 21.8. The van der Waals surface area contributed by atoms with Crippen molar-refractivity contribution in [2.75, 3.05) is 12.4 Å². The average Bonchev–Trinajstić information content (AvgIpc) is 3.17. The third kappa shape index (κ3) is 4.98. The number of aromatic nitrogens is 2. The SMILES string of the molecule is CCn1c2cc(S(=O)(=O)NC(=O)Nc3ccc(Cl)c(C(F)(F)F)c3)ccc2c2cc(C(=O)NC)nc(C)c21. The first-order valence-electron chi connectivity index (χ1n) is 11.1. The van der Waals surface area contributed by atoms with Crippen molar-refractivity contribution in [2.24, 2.45) is 0 Å². The lowest BCUT2D eigenvalue weighted by atomic mass is 10.1. The number of rotatable bonds is 5. The molecule has 14 heteroatoms. The first-order valence-corrected chi connectivity index (χ1v) is 13.0. The van der Waals surface area contributed by atoms with Crippen molar-refractivity contribution < 1.29 is 31.2 Å². The number of hydrogen-bond acceptors (Lipinski definition) is 5. The lowest BCUT2D eigenvalue weighted by Gasteiger charge is -2.13. The van der Waals surface area contributed by atoms with Gasteiger partial charge in [0.2, 0.25) is 0 Å². The van der Waals surface area contributed by atoms with Crippen LogP contribution in [0.5, 0.6) is 0 Å². The minimum absolute atomic E-state index is 0.207. The van der Waals surface area contributed by atoms with Gasteiger partial charge < -0.3 is 15.2 Å². The van der Waals surface area contributed by atoms with Crippen LogP contribution in [0, 0.1) is 6.92 Å². The number of hydrogen-bond donors (Lipinski definition) is 3. The Morgan fingerprint density at radius 1 is 1.08 bits per heavy atom. The summed E-state index contributed by atoms with van der Waals surface area (Å²) in [5.41, 5.74) is 0.546. The minimum Gasteiger partial charge on any atom is -0.354 e. The van der Waals surface area contributed by atoms with Gasteiger partial charge in [-0.3, -0.25) is 4.79 Å². The van der Waals surface area contributed by atoms with E-state index in [1.165, 1.54) is 19.2 Å². The van der Waals surface area contributed by atoms with E-state index in [4.69, 9.17) is 11.6 Å². The van der Waals surface area contributed by atoms with Crippen molar-refractivity contribution in [3.8, 4) is 0 Å². The number of anilines is 1. The van der Waals surface area contributed by atoms with E-state index >= 15 is 0 Å². The number of benzene rings is 2. The largest absolute Gasteiger partial charge is 0.417 e. The number of carbonyl (C=O) groups excluding carboxylic acids is 2. The van der Waals surface area contributed by atoms with Gasteiger partial charge in [0.15, 0.2) is 0 Å². The van der Waals surface area contributed by atoms with Crippen molar-refractivity contribution in [3.05, 3.63) is 64.4 Å². The van der Waals surface area contributed by atoms with Crippen LogP contribution in [0.3, 0.4) is 0 Å². The van der Waals surface area contributed by atoms with Gasteiger partial charge in [-0.25, -0.2) is 22.9 Å². The van der Waals surface area contributed by atoms with Gasteiger partial charge in [0.25, 0.3) is 15.9 Å². The zero-order valence-electron chi connectivity index (χ0n) is 20.2. The third-order valence-corrected chi connectivity index (χ3v) is 7.49. The number of carbonyl (C=O) groups is 2. The normalized spacial score (nSPS) is 12.1. The standard InChI is InChI=1S/C24H21ClF3N5O4S/c1-4-33-20-10-14(6-7-15(20)16-11-19(22(34)29-3)30-12(2)21(16)33)38(36,37)32-23(35)31-13-5-8-18(25)17(9-13)24(26,27)28/h5-11H,4H2,1-3H3,(H,29,34)(H2,31,32,35). The van der Waals surface area contributed by atoms with E-state index in [1.54, 1.807) is 23.8 Å². The lowest BCUT2D eigenvalue weighted by Crippen LogP contribution is -2.34. The molecular weight excluding hydrogens is 547 g/mol. The number of nitrogens with one attached hydrogen (secondary N) is 3. The van der Waals surface area contributed by atoms with Crippen LogP contribution in [-0.2, 0) is 22.7 Å². The maximum Gasteiger partial charge on any atom is 0.417 e. The molecule has 2 aromatic carbocycles. The second-order valence-corrected chi connectivity index (χ2v) is 10.3. The molecule has 3 N–H and O–H groups in total. The number of aryl methyl sites for hydroxylation is 2. The van der Waals surface area contributed by atoms with E-state index in [1.807, 2.05) is 11.5 Å². The fourth-order valence-electron chi connectivity index (χ4n) is 4.19. The number of pyridine rings is 1. The molecule has 4 rings (SSSR count). The first kappa shape index (κ1) is 27.2. The molecule has 0 bridgehead atoms. The summed E-state index contributed by atoms with van der Waals surface area (Å²) in [5, 5.41) is 5.41. The molecule has 0 atom stereocenters. The summed E-state index contributed by atoms with van der Waals surface area (Å²) in [6.07, 6.45) is -4.76. The molecule has 4 aromatic rings. The molecule has 0 unspecified atom stereocenters. The van der Waals surface area contributed by atoms with Crippen molar-refractivity contribution >= 4 is 61.1 Å². The van der Waals surface area contributed by atoms with E-state index in [9.17, 15) is 31.2 Å². The van der Waals surface area contributed by atoms with Crippen molar-refractivity contribution in [1.82, 2.24) is 19.6 Å². The lowest BCUT2D eigenvalue weighted by molar-refractivity contribution is -0.137. The molecule has 0 spiro atoms. The van der Waals surface area contributed by atoms with Crippen molar-refractivity contribution in [3.63, 3.8) is 0 Å². The predicted molar refractivity (Wildman–Crippen MR) is 137 cm³/mol. The maximum atomic E-state index is 13.1. The Labute approximate surface area is 220 Å². The summed E-state index contributed by atoms with van der Waals surface area (Å²) in [6, 6.07) is 7.23. The van der Waals surface area contributed by atoms with Crippen LogP contribution in [0.1, 0.15) is 28.7 Å². The number of nitrogens with zero attached hydrogens (tertiary/aromatic N) is 2. The highest BCUT2D eigenvalue weighted by molar-refractivity contribution is 7.90. The van der Waals surface area contributed by atoms with Crippen LogP contribution in [0.15, 0.2) is 47.4 Å². The zero-order chi connectivity index (χ0) is 28.0. The van der Waals surface area contributed by atoms with Crippen LogP contribution in [-0.4, -0.2) is 37.0 Å². The Morgan fingerprint density at radius 3 is 2.42 bits per heavy atom. The van der Waals surface area contributed by atoms with E-state index < -0.39 is 32.8 Å². The third-order valence-electron chi connectivity index (χ3n) is 5.83. The van der Waals surface area contributed by atoms with E-state index in [0.29, 0.717) is 34.6 Å². The smallest absolute Gasteiger partial charge is 0.354 e. The fraction of sp³-hybridized carbons (Fsp3) is 0.208. The molecule has 0 aliphatic rings. The van der Waals surface area contributed by atoms with Gasteiger partial charge in [-0.2, -0.15) is 13.2 Å². The van der Waals surface area contributed by atoms with Gasteiger partial charge in [0.1, 0.15) is 5.69 Å². The van der Waals surface area contributed by atoms with Crippen LogP contribution >= 0.6 is 11.6 Å². The second kappa shape index (κ2) is 9.80. The second-order valence-electron chi connectivity index (χ2n) is 8.24. The highest BCUT2D eigenvalue weighted by Crippen LogP contribution is 2.36. The molecule has 0 radical (unpaired) electrons. The summed E-state index contributed by atoms with van der Waals surface area (Å²) in [7, 11) is -2.93. The predicted octanol–water partition coefficient (Wildman–Crippen LogP) is 5.06. The van der Waals surface area contributed by atoms with Crippen LogP contribution in [0.4, 0.5) is 23.7 Å². The summed E-state index contributed by atoms with van der Waals surface area (Å²) in [6.45, 7) is 4.06. The van der Waals surface area contributed by atoms with Crippen molar-refractivity contribution in [1.29, 1.82) is 0 Å². The van der Waals surface area contributed by atoms with Gasteiger partial charge >= 0.3 is 12.2 Å². The van der Waals surface area contributed by atoms with Crippen LogP contribution in [0.25, 0.3) is 21.8 Å². The maximum absolute atomic E-state index is 13.1. The Bertz CT molecular complexity index is 1720. The molecule has 0 aliphatic heterocycles. The van der Waals surface area contributed by atoms with Crippen LogP contribution in [0.2, 0.25) is 5.02 Å². The van der Waals surface area contributed by atoms with E-state index in [2.05, 4.69) is 15.6 Å². The molecule has 0 aliphatic carbocycles. The summed E-state index contributed by atoms with van der Waals surface area (Å²) >= 11 is 5.58. The topological polar surface area (TPSA) is 122 Å². The van der Waals surface area contributed by atoms with E-state index in [-0.39, 0.29) is 22.2 Å². The summed E-state index contributed by atoms with van der Waals surface area (Å²) in [5.74, 6) is -0.371. The molecule has 2 aromatic heterocycles. The van der Waals surface area contributed by atoms with Gasteiger partial charge in [-0.05, 0) is 50.2 Å². The number of halogens is 4. The quantitative estimate of drug-likeness (QED) is 0.311. The summed E-state index contributed by atoms with van der Waals surface area (Å²) < 4.78 is 68.9. The first-order chi connectivity index (χ1) is 17.8. The molecule has 2 heterocycles. The molecule has 0 saturated heterocycles. The Morgan fingerprint density at radius 2 is 1.79 bits per heavy atom. The number of urea groups is 1. The Hall–Kier alpha value is -3.84. The highest BCUT2D eigenvalue weighted by atomic mass is 35.5. The van der Waals surface area contributed by atoms with E-state index in [0.717, 1.165) is 17.6 Å². The number of sulfonamides is 1. The Kier molecular flexibility index (Phi) is 7.01. The number of amides is 3. The van der Waals surface area contributed by atoms with Gasteiger partial charge in [-0.15, -0.1) is 0 Å².